The Labute approximate surface area is 171 Å². The highest BCUT2D eigenvalue weighted by molar-refractivity contribution is 7.99. The molecule has 2 heterocycles. The third kappa shape index (κ3) is 4.28. The molecule has 0 saturated heterocycles. The Morgan fingerprint density at radius 2 is 2.14 bits per heavy atom. The number of amides is 1. The van der Waals surface area contributed by atoms with Gasteiger partial charge in [-0.1, -0.05) is 25.1 Å². The SMILES string of the molecule is CCCCN(C)C(=O)CSc1nc2ccsc2c(=O)n1-c1ccc(F)cc1C. The van der Waals surface area contributed by atoms with Crippen LogP contribution in [0, 0.1) is 12.7 Å². The second-order valence-electron chi connectivity index (χ2n) is 6.56. The summed E-state index contributed by atoms with van der Waals surface area (Å²) in [5, 5.41) is 2.25. The van der Waals surface area contributed by atoms with Gasteiger partial charge in [0.25, 0.3) is 5.56 Å². The molecule has 3 aromatic rings. The molecule has 5 nitrogen and oxygen atoms in total. The summed E-state index contributed by atoms with van der Waals surface area (Å²) in [6.45, 7) is 4.54. The molecule has 3 rings (SSSR count). The minimum Gasteiger partial charge on any atom is -0.345 e. The lowest BCUT2D eigenvalue weighted by Crippen LogP contribution is -2.29. The zero-order valence-electron chi connectivity index (χ0n) is 16.1. The smallest absolute Gasteiger partial charge is 0.276 e. The largest absolute Gasteiger partial charge is 0.345 e. The van der Waals surface area contributed by atoms with Crippen molar-refractivity contribution in [3.05, 3.63) is 51.4 Å². The average Bonchev–Trinajstić information content (AvgIpc) is 3.14. The first kappa shape index (κ1) is 20.5. The van der Waals surface area contributed by atoms with E-state index in [4.69, 9.17) is 0 Å². The molecule has 0 spiro atoms. The quantitative estimate of drug-likeness (QED) is 0.424. The lowest BCUT2D eigenvalue weighted by molar-refractivity contribution is -0.127. The summed E-state index contributed by atoms with van der Waals surface area (Å²) >= 11 is 2.55. The molecule has 28 heavy (non-hydrogen) atoms. The molecule has 0 aliphatic carbocycles. The number of aryl methyl sites for hydroxylation is 1. The first-order chi connectivity index (χ1) is 13.4. The number of carbonyl (C=O) groups is 1. The number of fused-ring (bicyclic) bond motifs is 1. The lowest BCUT2D eigenvalue weighted by Gasteiger charge is -2.17. The van der Waals surface area contributed by atoms with Gasteiger partial charge in [0, 0.05) is 13.6 Å². The van der Waals surface area contributed by atoms with Gasteiger partial charge >= 0.3 is 0 Å². The van der Waals surface area contributed by atoms with E-state index in [9.17, 15) is 14.0 Å². The van der Waals surface area contributed by atoms with E-state index in [1.807, 2.05) is 5.38 Å². The van der Waals surface area contributed by atoms with E-state index in [2.05, 4.69) is 11.9 Å². The number of aromatic nitrogens is 2. The van der Waals surface area contributed by atoms with Crippen LogP contribution in [0.5, 0.6) is 0 Å². The first-order valence-electron chi connectivity index (χ1n) is 9.06. The first-order valence-corrected chi connectivity index (χ1v) is 10.9. The monoisotopic (exact) mass is 419 g/mol. The molecule has 0 saturated carbocycles. The van der Waals surface area contributed by atoms with Gasteiger partial charge in [-0.05, 0) is 48.6 Å². The van der Waals surface area contributed by atoms with Crippen LogP contribution < -0.4 is 5.56 Å². The highest BCUT2D eigenvalue weighted by Gasteiger charge is 2.18. The summed E-state index contributed by atoms with van der Waals surface area (Å²) in [5.74, 6) is -0.190. The van der Waals surface area contributed by atoms with Crippen LogP contribution in [0.4, 0.5) is 4.39 Å². The van der Waals surface area contributed by atoms with Crippen LogP contribution in [-0.2, 0) is 4.79 Å². The van der Waals surface area contributed by atoms with Crippen molar-refractivity contribution in [1.29, 1.82) is 0 Å². The molecular formula is C20H22FN3O2S2. The number of hydrogen-bond donors (Lipinski definition) is 0. The molecule has 0 aliphatic rings. The van der Waals surface area contributed by atoms with Gasteiger partial charge in [0.05, 0.1) is 17.0 Å². The number of unbranched alkanes of at least 4 members (excludes halogenated alkanes) is 1. The molecule has 8 heteroatoms. The second kappa shape index (κ2) is 8.87. The average molecular weight is 420 g/mol. The van der Waals surface area contributed by atoms with Gasteiger partial charge in [-0.15, -0.1) is 11.3 Å². The van der Waals surface area contributed by atoms with E-state index >= 15 is 0 Å². The fourth-order valence-corrected chi connectivity index (χ4v) is 4.53. The Bertz CT molecular complexity index is 1060. The van der Waals surface area contributed by atoms with Crippen molar-refractivity contribution in [1.82, 2.24) is 14.5 Å². The van der Waals surface area contributed by atoms with Gasteiger partial charge < -0.3 is 4.90 Å². The minimum absolute atomic E-state index is 0.0134. The summed E-state index contributed by atoms with van der Waals surface area (Å²) in [6.07, 6.45) is 1.97. The number of carbonyl (C=O) groups excluding carboxylic acids is 1. The number of thioether (sulfide) groups is 1. The van der Waals surface area contributed by atoms with Crippen molar-refractivity contribution in [3.63, 3.8) is 0 Å². The van der Waals surface area contributed by atoms with E-state index in [1.54, 1.807) is 31.0 Å². The topological polar surface area (TPSA) is 55.2 Å². The molecule has 0 N–H and O–H groups in total. The fourth-order valence-electron chi connectivity index (χ4n) is 2.83. The fraction of sp³-hybridized carbons (Fsp3) is 0.350. The zero-order valence-corrected chi connectivity index (χ0v) is 17.7. The van der Waals surface area contributed by atoms with Crippen molar-refractivity contribution in [2.24, 2.45) is 0 Å². The van der Waals surface area contributed by atoms with Crippen LogP contribution in [0.15, 0.2) is 39.6 Å². The molecule has 148 valence electrons. The van der Waals surface area contributed by atoms with E-state index < -0.39 is 0 Å². The Kier molecular flexibility index (Phi) is 6.51. The predicted molar refractivity (Wildman–Crippen MR) is 113 cm³/mol. The van der Waals surface area contributed by atoms with Gasteiger partial charge in [0.1, 0.15) is 10.5 Å². The lowest BCUT2D eigenvalue weighted by atomic mass is 10.2. The molecule has 1 aromatic carbocycles. The summed E-state index contributed by atoms with van der Waals surface area (Å²) in [4.78, 5) is 31.8. The van der Waals surface area contributed by atoms with Crippen LogP contribution >= 0.6 is 23.1 Å². The van der Waals surface area contributed by atoms with Crippen LogP contribution in [0.2, 0.25) is 0 Å². The molecule has 0 atom stereocenters. The van der Waals surface area contributed by atoms with Crippen molar-refractivity contribution < 1.29 is 9.18 Å². The van der Waals surface area contributed by atoms with Gasteiger partial charge in [-0.2, -0.15) is 0 Å². The Morgan fingerprint density at radius 3 is 2.86 bits per heavy atom. The summed E-state index contributed by atoms with van der Waals surface area (Å²) in [6, 6.07) is 6.08. The molecule has 1 amide bonds. The minimum atomic E-state index is -0.360. The number of rotatable bonds is 7. The maximum absolute atomic E-state index is 13.6. The van der Waals surface area contributed by atoms with E-state index in [1.165, 1.54) is 39.8 Å². The zero-order chi connectivity index (χ0) is 20.3. The highest BCUT2D eigenvalue weighted by Crippen LogP contribution is 2.25. The van der Waals surface area contributed by atoms with Crippen molar-refractivity contribution in [2.45, 2.75) is 31.8 Å². The molecular weight excluding hydrogens is 397 g/mol. The number of thiophene rings is 1. The highest BCUT2D eigenvalue weighted by atomic mass is 32.2. The van der Waals surface area contributed by atoms with Crippen LogP contribution in [0.1, 0.15) is 25.3 Å². The second-order valence-corrected chi connectivity index (χ2v) is 8.42. The normalized spacial score (nSPS) is 11.1. The van der Waals surface area contributed by atoms with Gasteiger partial charge in [0.15, 0.2) is 5.16 Å². The van der Waals surface area contributed by atoms with E-state index in [0.29, 0.717) is 33.2 Å². The van der Waals surface area contributed by atoms with Crippen molar-refractivity contribution >= 4 is 39.2 Å². The number of benzene rings is 1. The third-order valence-electron chi connectivity index (χ3n) is 4.45. The molecule has 0 unspecified atom stereocenters. The number of halogens is 1. The van der Waals surface area contributed by atoms with E-state index in [-0.39, 0.29) is 23.0 Å². The van der Waals surface area contributed by atoms with Crippen LogP contribution in [-0.4, -0.2) is 39.7 Å². The van der Waals surface area contributed by atoms with Crippen LogP contribution in [0.25, 0.3) is 15.9 Å². The Hall–Kier alpha value is -2.19. The third-order valence-corrected chi connectivity index (χ3v) is 6.26. The van der Waals surface area contributed by atoms with Gasteiger partial charge in [-0.25, -0.2) is 9.37 Å². The molecule has 0 fully saturated rings. The van der Waals surface area contributed by atoms with Crippen molar-refractivity contribution in [2.75, 3.05) is 19.3 Å². The molecule has 0 bridgehead atoms. The summed E-state index contributed by atoms with van der Waals surface area (Å²) in [5.41, 5.74) is 1.61. The molecule has 0 aliphatic heterocycles. The Morgan fingerprint density at radius 1 is 1.36 bits per heavy atom. The maximum Gasteiger partial charge on any atom is 0.276 e. The predicted octanol–water partition coefficient (Wildman–Crippen LogP) is 4.25. The summed E-state index contributed by atoms with van der Waals surface area (Å²) < 4.78 is 15.6. The summed E-state index contributed by atoms with van der Waals surface area (Å²) in [7, 11) is 1.78. The molecule has 2 aromatic heterocycles. The van der Waals surface area contributed by atoms with Crippen LogP contribution in [0.3, 0.4) is 0 Å². The van der Waals surface area contributed by atoms with Gasteiger partial charge in [-0.3, -0.25) is 14.2 Å². The van der Waals surface area contributed by atoms with Gasteiger partial charge in [0.2, 0.25) is 5.91 Å². The number of hydrogen-bond acceptors (Lipinski definition) is 5. The van der Waals surface area contributed by atoms with E-state index in [0.717, 1.165) is 12.8 Å². The standard InChI is InChI=1S/C20H22FN3O2S2/c1-4-5-9-23(3)17(25)12-28-20-22-15-8-10-27-18(15)19(26)24(20)16-7-6-14(21)11-13(16)2/h6-8,10-11H,4-5,9,12H2,1-3H3. The molecule has 0 radical (unpaired) electrons. The maximum atomic E-state index is 13.6. The Balaban J connectivity index is 1.99. The number of nitrogens with zero attached hydrogens (tertiary/aromatic N) is 3. The van der Waals surface area contributed by atoms with Crippen molar-refractivity contribution in [3.8, 4) is 5.69 Å².